The van der Waals surface area contributed by atoms with Crippen LogP contribution in [-0.4, -0.2) is 48.9 Å². The van der Waals surface area contributed by atoms with Crippen LogP contribution in [0.5, 0.6) is 23.0 Å². The maximum absolute atomic E-state index is 13.5. The van der Waals surface area contributed by atoms with Crippen LogP contribution < -0.4 is 14.2 Å². The normalized spacial score (nSPS) is 16.5. The molecule has 3 aromatic rings. The van der Waals surface area contributed by atoms with E-state index in [1.165, 1.54) is 0 Å². The van der Waals surface area contributed by atoms with Gasteiger partial charge in [-0.15, -0.1) is 11.8 Å². The number of ether oxygens (including phenoxy) is 4. The lowest BCUT2D eigenvalue weighted by Gasteiger charge is -2.24. The van der Waals surface area contributed by atoms with Gasteiger partial charge in [0.05, 0.1) is 32.0 Å². The van der Waals surface area contributed by atoms with Crippen molar-refractivity contribution in [3.8, 4) is 23.0 Å². The van der Waals surface area contributed by atoms with E-state index in [0.29, 0.717) is 37.7 Å². The van der Waals surface area contributed by atoms with E-state index >= 15 is 0 Å². The molecule has 0 aliphatic carbocycles. The minimum absolute atomic E-state index is 0.0494. The number of unbranched alkanes of at least 4 members (excludes halogenated alkanes) is 1. The minimum Gasteiger partial charge on any atom is -0.493 e. The summed E-state index contributed by atoms with van der Waals surface area (Å²) >= 11 is 1.73. The van der Waals surface area contributed by atoms with Crippen molar-refractivity contribution >= 4 is 23.6 Å². The first kappa shape index (κ1) is 30.3. The van der Waals surface area contributed by atoms with Gasteiger partial charge in [-0.3, -0.25) is 9.59 Å². The molecular formula is C33H39NO6S. The summed E-state index contributed by atoms with van der Waals surface area (Å²) in [7, 11) is 1.58. The Balaban J connectivity index is 1.40. The number of thioether (sulfide) groups is 1. The van der Waals surface area contributed by atoms with Gasteiger partial charge in [-0.2, -0.15) is 0 Å². The Morgan fingerprint density at radius 3 is 2.49 bits per heavy atom. The van der Waals surface area contributed by atoms with E-state index in [1.54, 1.807) is 31.9 Å². The molecule has 3 aromatic carbocycles. The number of para-hydroxylation sites is 1. The number of carbonyl (C=O) groups excluding carboxylic acids is 2. The molecule has 1 heterocycles. The fraction of sp³-hybridized carbons (Fsp3) is 0.394. The predicted molar refractivity (Wildman–Crippen MR) is 162 cm³/mol. The van der Waals surface area contributed by atoms with E-state index in [4.69, 9.17) is 18.9 Å². The minimum atomic E-state index is -0.277. The lowest BCUT2D eigenvalue weighted by molar-refractivity contribution is -0.142. The highest BCUT2D eigenvalue weighted by Gasteiger charge is 2.40. The number of carbonyl (C=O) groups is 2. The maximum Gasteiger partial charge on any atom is 0.310 e. The summed E-state index contributed by atoms with van der Waals surface area (Å²) in [6.07, 6.45) is 3.80. The highest BCUT2D eigenvalue weighted by Crippen LogP contribution is 2.45. The Morgan fingerprint density at radius 1 is 0.927 bits per heavy atom. The molecule has 1 saturated heterocycles. The predicted octanol–water partition coefficient (Wildman–Crippen LogP) is 7.20. The van der Waals surface area contributed by atoms with Gasteiger partial charge >= 0.3 is 5.97 Å². The SMILES string of the molecule is CCCCC1SC(c2cccc(Oc3ccccc3)c2)N(CCCOc2ccc(CC(=O)OCC)cc2OC)C1=O. The summed E-state index contributed by atoms with van der Waals surface area (Å²) in [5.41, 5.74) is 1.85. The molecule has 0 radical (unpaired) electrons. The molecule has 2 unspecified atom stereocenters. The Labute approximate surface area is 247 Å². The maximum atomic E-state index is 13.5. The fourth-order valence-corrected chi connectivity index (χ4v) is 6.27. The summed E-state index contributed by atoms with van der Waals surface area (Å²) < 4.78 is 22.7. The third-order valence-corrected chi connectivity index (χ3v) is 8.31. The molecule has 1 fully saturated rings. The molecule has 8 heteroatoms. The highest BCUT2D eigenvalue weighted by atomic mass is 32.2. The molecule has 1 aliphatic rings. The zero-order valence-corrected chi connectivity index (χ0v) is 24.9. The van der Waals surface area contributed by atoms with Crippen LogP contribution in [0.3, 0.4) is 0 Å². The molecular weight excluding hydrogens is 538 g/mol. The van der Waals surface area contributed by atoms with Gasteiger partial charge in [0.1, 0.15) is 16.9 Å². The van der Waals surface area contributed by atoms with Gasteiger partial charge in [0.25, 0.3) is 0 Å². The van der Waals surface area contributed by atoms with Crippen molar-refractivity contribution < 1.29 is 28.5 Å². The Morgan fingerprint density at radius 2 is 1.73 bits per heavy atom. The number of nitrogens with zero attached hydrogens (tertiary/aromatic N) is 1. The van der Waals surface area contributed by atoms with E-state index in [-0.39, 0.29) is 28.9 Å². The van der Waals surface area contributed by atoms with Gasteiger partial charge in [-0.25, -0.2) is 0 Å². The van der Waals surface area contributed by atoms with Gasteiger partial charge in [-0.1, -0.05) is 56.2 Å². The smallest absolute Gasteiger partial charge is 0.310 e. The van der Waals surface area contributed by atoms with Gasteiger partial charge in [0.2, 0.25) is 5.91 Å². The van der Waals surface area contributed by atoms with Crippen LogP contribution in [0.2, 0.25) is 0 Å². The molecule has 0 saturated carbocycles. The molecule has 1 amide bonds. The third kappa shape index (κ3) is 8.43. The molecule has 218 valence electrons. The zero-order valence-electron chi connectivity index (χ0n) is 24.0. The van der Waals surface area contributed by atoms with Gasteiger partial charge < -0.3 is 23.8 Å². The average molecular weight is 578 g/mol. The quantitative estimate of drug-likeness (QED) is 0.140. The summed E-state index contributed by atoms with van der Waals surface area (Å²) in [5.74, 6) is 2.60. The second-order valence-corrected chi connectivity index (χ2v) is 11.1. The summed E-state index contributed by atoms with van der Waals surface area (Å²) in [6.45, 7) is 5.29. The van der Waals surface area contributed by atoms with Gasteiger partial charge in [0.15, 0.2) is 11.5 Å². The van der Waals surface area contributed by atoms with Crippen LogP contribution in [0.25, 0.3) is 0 Å². The second-order valence-electron chi connectivity index (χ2n) is 9.81. The molecule has 0 spiro atoms. The van der Waals surface area contributed by atoms with Crippen molar-refractivity contribution in [2.24, 2.45) is 0 Å². The average Bonchev–Trinajstić information content (AvgIpc) is 3.30. The van der Waals surface area contributed by atoms with E-state index in [2.05, 4.69) is 13.0 Å². The van der Waals surface area contributed by atoms with Crippen molar-refractivity contribution in [2.45, 2.75) is 56.6 Å². The fourth-order valence-electron chi connectivity index (χ4n) is 4.75. The van der Waals surface area contributed by atoms with E-state index < -0.39 is 0 Å². The van der Waals surface area contributed by atoms with Crippen molar-refractivity contribution in [1.82, 2.24) is 4.90 Å². The Bertz CT molecular complexity index is 1280. The molecule has 7 nitrogen and oxygen atoms in total. The Hall–Kier alpha value is -3.65. The highest BCUT2D eigenvalue weighted by molar-refractivity contribution is 8.01. The van der Waals surface area contributed by atoms with Crippen LogP contribution in [-0.2, 0) is 20.7 Å². The number of rotatable bonds is 15. The number of hydrogen-bond donors (Lipinski definition) is 0. The molecule has 0 bridgehead atoms. The first-order valence-electron chi connectivity index (χ1n) is 14.3. The monoisotopic (exact) mass is 577 g/mol. The number of benzene rings is 3. The topological polar surface area (TPSA) is 74.3 Å². The van der Waals surface area contributed by atoms with Crippen LogP contribution in [0.15, 0.2) is 72.8 Å². The molecule has 41 heavy (non-hydrogen) atoms. The Kier molecular flexibility index (Phi) is 11.4. The molecule has 0 N–H and O–H groups in total. The van der Waals surface area contributed by atoms with Gasteiger partial charge in [0, 0.05) is 6.54 Å². The van der Waals surface area contributed by atoms with Crippen LogP contribution in [0.4, 0.5) is 0 Å². The number of esters is 1. The summed E-state index contributed by atoms with van der Waals surface area (Å²) in [4.78, 5) is 27.3. The van der Waals surface area contributed by atoms with E-state index in [0.717, 1.165) is 41.9 Å². The standard InChI is InChI=1S/C33H39NO6S/c1-4-6-16-30-32(36)34(33(41-30)25-12-10-15-27(23-25)40-26-13-8-7-9-14-26)19-11-20-39-28-18-17-24(21-29(28)37-3)22-31(35)38-5-2/h7-10,12-15,17-18,21,23,30,33H,4-6,11,16,19-20,22H2,1-3H3. The van der Waals surface area contributed by atoms with Gasteiger partial charge in [-0.05, 0) is 67.3 Å². The van der Waals surface area contributed by atoms with Crippen LogP contribution >= 0.6 is 11.8 Å². The van der Waals surface area contributed by atoms with Crippen LogP contribution in [0, 0.1) is 0 Å². The zero-order chi connectivity index (χ0) is 29.0. The first-order valence-corrected chi connectivity index (χ1v) is 15.2. The van der Waals surface area contributed by atoms with E-state index in [1.807, 2.05) is 65.6 Å². The second kappa shape index (κ2) is 15.4. The molecule has 2 atom stereocenters. The summed E-state index contributed by atoms with van der Waals surface area (Å²) in [6, 6.07) is 23.2. The van der Waals surface area contributed by atoms with Crippen molar-refractivity contribution in [1.29, 1.82) is 0 Å². The summed E-state index contributed by atoms with van der Waals surface area (Å²) in [5, 5.41) is -0.132. The van der Waals surface area contributed by atoms with Crippen molar-refractivity contribution in [3.63, 3.8) is 0 Å². The molecule has 0 aromatic heterocycles. The lowest BCUT2D eigenvalue weighted by atomic mass is 10.1. The van der Waals surface area contributed by atoms with Crippen molar-refractivity contribution in [2.75, 3.05) is 26.9 Å². The van der Waals surface area contributed by atoms with Crippen molar-refractivity contribution in [3.05, 3.63) is 83.9 Å². The third-order valence-electron chi connectivity index (χ3n) is 6.76. The van der Waals surface area contributed by atoms with E-state index in [9.17, 15) is 9.59 Å². The van der Waals surface area contributed by atoms with Crippen LogP contribution in [0.1, 0.15) is 56.0 Å². The number of methoxy groups -OCH3 is 1. The number of amides is 1. The number of hydrogen-bond acceptors (Lipinski definition) is 7. The molecule has 1 aliphatic heterocycles. The molecule has 4 rings (SSSR count). The lowest BCUT2D eigenvalue weighted by Crippen LogP contribution is -2.32. The largest absolute Gasteiger partial charge is 0.493 e. The first-order chi connectivity index (χ1) is 20.0.